The summed E-state index contributed by atoms with van der Waals surface area (Å²) in [6.07, 6.45) is 4.56. The second-order valence-corrected chi connectivity index (χ2v) is 4.37. The van der Waals surface area contributed by atoms with Gasteiger partial charge >= 0.3 is 0 Å². The van der Waals surface area contributed by atoms with Crippen molar-refractivity contribution in [3.05, 3.63) is 53.6 Å². The molecule has 100 valence electrons. The molecule has 19 heavy (non-hydrogen) atoms. The fraction of sp³-hybridized carbons (Fsp3) is 0.286. The number of imidazole rings is 1. The molecule has 0 saturated carbocycles. The number of aromatic nitrogens is 2. The number of carbonyl (C=O) groups is 1. The number of hydrogen-bond donors (Lipinski definition) is 3. The van der Waals surface area contributed by atoms with Crippen molar-refractivity contribution < 1.29 is 4.79 Å². The van der Waals surface area contributed by atoms with E-state index in [1.807, 2.05) is 24.3 Å². The normalized spacial score (nSPS) is 10.4. The summed E-state index contributed by atoms with van der Waals surface area (Å²) in [6, 6.07) is 7.79. The van der Waals surface area contributed by atoms with Crippen molar-refractivity contribution in [3.8, 4) is 0 Å². The Bertz CT molecular complexity index is 505. The monoisotopic (exact) mass is 258 g/mol. The number of nitrogens with one attached hydrogen (secondary N) is 2. The molecule has 1 aromatic carbocycles. The SMILES string of the molecule is NCc1ccc(CC(=O)NCCc2cnc[nH]2)cc1. The van der Waals surface area contributed by atoms with Gasteiger partial charge in [-0.2, -0.15) is 0 Å². The molecule has 5 nitrogen and oxygen atoms in total. The first-order valence-electron chi connectivity index (χ1n) is 6.30. The molecule has 0 aliphatic rings. The fourth-order valence-electron chi connectivity index (χ4n) is 1.80. The molecular formula is C14H18N4O. The Balaban J connectivity index is 1.74. The summed E-state index contributed by atoms with van der Waals surface area (Å²) < 4.78 is 0. The van der Waals surface area contributed by atoms with Crippen molar-refractivity contribution in [2.24, 2.45) is 5.73 Å². The second kappa shape index (κ2) is 6.70. The van der Waals surface area contributed by atoms with Crippen molar-refractivity contribution >= 4 is 5.91 Å². The minimum Gasteiger partial charge on any atom is -0.355 e. The quantitative estimate of drug-likeness (QED) is 0.715. The number of H-pyrrole nitrogens is 1. The minimum atomic E-state index is 0.0278. The third-order valence-electron chi connectivity index (χ3n) is 2.89. The lowest BCUT2D eigenvalue weighted by Gasteiger charge is -2.05. The van der Waals surface area contributed by atoms with Crippen LogP contribution in [-0.4, -0.2) is 22.4 Å². The van der Waals surface area contributed by atoms with E-state index in [0.29, 0.717) is 19.5 Å². The summed E-state index contributed by atoms with van der Waals surface area (Å²) in [6.45, 7) is 1.14. The van der Waals surface area contributed by atoms with Crippen LogP contribution in [0.3, 0.4) is 0 Å². The van der Waals surface area contributed by atoms with Crippen molar-refractivity contribution in [1.82, 2.24) is 15.3 Å². The Morgan fingerprint density at radius 3 is 2.63 bits per heavy atom. The van der Waals surface area contributed by atoms with Gasteiger partial charge in [-0.15, -0.1) is 0 Å². The van der Waals surface area contributed by atoms with Crippen molar-refractivity contribution in [2.45, 2.75) is 19.4 Å². The first-order valence-corrected chi connectivity index (χ1v) is 6.30. The van der Waals surface area contributed by atoms with Gasteiger partial charge in [-0.1, -0.05) is 24.3 Å². The predicted molar refractivity (Wildman–Crippen MR) is 73.3 cm³/mol. The van der Waals surface area contributed by atoms with E-state index in [2.05, 4.69) is 15.3 Å². The molecule has 1 aromatic heterocycles. The Kier molecular flexibility index (Phi) is 4.69. The molecule has 1 heterocycles. The van der Waals surface area contributed by atoms with E-state index < -0.39 is 0 Å². The number of hydrogen-bond acceptors (Lipinski definition) is 3. The Morgan fingerprint density at radius 1 is 1.26 bits per heavy atom. The van der Waals surface area contributed by atoms with Gasteiger partial charge in [0.1, 0.15) is 0 Å². The lowest BCUT2D eigenvalue weighted by Crippen LogP contribution is -2.27. The zero-order chi connectivity index (χ0) is 13.5. The van der Waals surface area contributed by atoms with Gasteiger partial charge in [0.05, 0.1) is 12.7 Å². The van der Waals surface area contributed by atoms with Crippen molar-refractivity contribution in [1.29, 1.82) is 0 Å². The summed E-state index contributed by atoms with van der Waals surface area (Å²) in [4.78, 5) is 18.7. The van der Waals surface area contributed by atoms with E-state index in [1.54, 1.807) is 12.5 Å². The fourth-order valence-corrected chi connectivity index (χ4v) is 1.80. The van der Waals surface area contributed by atoms with Crippen LogP contribution >= 0.6 is 0 Å². The number of nitrogens with zero attached hydrogens (tertiary/aromatic N) is 1. The first-order chi connectivity index (χ1) is 9.28. The highest BCUT2D eigenvalue weighted by molar-refractivity contribution is 5.78. The molecule has 0 radical (unpaired) electrons. The van der Waals surface area contributed by atoms with E-state index in [-0.39, 0.29) is 5.91 Å². The number of nitrogens with two attached hydrogens (primary N) is 1. The zero-order valence-corrected chi connectivity index (χ0v) is 10.7. The van der Waals surface area contributed by atoms with Crippen LogP contribution in [0.2, 0.25) is 0 Å². The van der Waals surface area contributed by atoms with E-state index in [0.717, 1.165) is 23.2 Å². The van der Waals surface area contributed by atoms with E-state index in [9.17, 15) is 4.79 Å². The lowest BCUT2D eigenvalue weighted by atomic mass is 10.1. The van der Waals surface area contributed by atoms with Gasteiger partial charge in [0, 0.05) is 31.4 Å². The number of carbonyl (C=O) groups excluding carboxylic acids is 1. The molecule has 0 spiro atoms. The standard InChI is InChI=1S/C14H18N4O/c15-8-12-3-1-11(2-4-12)7-14(19)17-6-5-13-9-16-10-18-13/h1-4,9-10H,5-8,15H2,(H,16,18)(H,17,19). The van der Waals surface area contributed by atoms with E-state index in [4.69, 9.17) is 5.73 Å². The third kappa shape index (κ3) is 4.22. The summed E-state index contributed by atoms with van der Waals surface area (Å²) in [5.74, 6) is 0.0278. The summed E-state index contributed by atoms with van der Waals surface area (Å²) >= 11 is 0. The molecule has 0 unspecified atom stereocenters. The Labute approximate surface area is 112 Å². The van der Waals surface area contributed by atoms with Gasteiger partial charge in [0.15, 0.2) is 0 Å². The van der Waals surface area contributed by atoms with Crippen molar-refractivity contribution in [3.63, 3.8) is 0 Å². The van der Waals surface area contributed by atoms with Gasteiger partial charge in [0.25, 0.3) is 0 Å². The summed E-state index contributed by atoms with van der Waals surface area (Å²) in [5.41, 5.74) is 8.62. The maximum atomic E-state index is 11.7. The number of aromatic amines is 1. The van der Waals surface area contributed by atoms with Crippen LogP contribution in [0, 0.1) is 0 Å². The molecule has 0 aliphatic carbocycles. The van der Waals surface area contributed by atoms with Gasteiger partial charge in [-0.05, 0) is 11.1 Å². The van der Waals surface area contributed by atoms with E-state index in [1.165, 1.54) is 0 Å². The molecule has 0 bridgehead atoms. The molecule has 2 aromatic rings. The maximum absolute atomic E-state index is 11.7. The highest BCUT2D eigenvalue weighted by atomic mass is 16.1. The summed E-state index contributed by atoms with van der Waals surface area (Å²) in [5, 5.41) is 2.89. The Hall–Kier alpha value is -2.14. The molecule has 4 N–H and O–H groups in total. The van der Waals surface area contributed by atoms with Crippen LogP contribution < -0.4 is 11.1 Å². The molecule has 0 fully saturated rings. The highest BCUT2D eigenvalue weighted by Gasteiger charge is 2.03. The molecule has 0 aliphatic heterocycles. The average Bonchev–Trinajstić information content (AvgIpc) is 2.93. The third-order valence-corrected chi connectivity index (χ3v) is 2.89. The zero-order valence-electron chi connectivity index (χ0n) is 10.7. The minimum absolute atomic E-state index is 0.0278. The maximum Gasteiger partial charge on any atom is 0.224 e. The molecular weight excluding hydrogens is 240 g/mol. The van der Waals surface area contributed by atoms with Crippen LogP contribution in [0.4, 0.5) is 0 Å². The second-order valence-electron chi connectivity index (χ2n) is 4.37. The van der Waals surface area contributed by atoms with Crippen molar-refractivity contribution in [2.75, 3.05) is 6.54 Å². The number of benzene rings is 1. The summed E-state index contributed by atoms with van der Waals surface area (Å²) in [7, 11) is 0. The predicted octanol–water partition coefficient (Wildman–Crippen LogP) is 0.770. The molecule has 5 heteroatoms. The molecule has 0 saturated heterocycles. The van der Waals surface area contributed by atoms with Gasteiger partial charge in [0.2, 0.25) is 5.91 Å². The van der Waals surface area contributed by atoms with Gasteiger partial charge < -0.3 is 16.0 Å². The topological polar surface area (TPSA) is 83.8 Å². The van der Waals surface area contributed by atoms with Gasteiger partial charge in [-0.3, -0.25) is 4.79 Å². The average molecular weight is 258 g/mol. The van der Waals surface area contributed by atoms with E-state index >= 15 is 0 Å². The largest absolute Gasteiger partial charge is 0.355 e. The lowest BCUT2D eigenvalue weighted by molar-refractivity contribution is -0.120. The van der Waals surface area contributed by atoms with Crippen LogP contribution in [0.15, 0.2) is 36.8 Å². The molecule has 2 rings (SSSR count). The van der Waals surface area contributed by atoms with Crippen LogP contribution in [0.1, 0.15) is 16.8 Å². The molecule has 0 atom stereocenters. The van der Waals surface area contributed by atoms with Gasteiger partial charge in [-0.25, -0.2) is 4.98 Å². The number of amides is 1. The number of rotatable bonds is 6. The highest BCUT2D eigenvalue weighted by Crippen LogP contribution is 2.04. The van der Waals surface area contributed by atoms with Crippen LogP contribution in [0.5, 0.6) is 0 Å². The van der Waals surface area contributed by atoms with Crippen LogP contribution in [0.25, 0.3) is 0 Å². The smallest absolute Gasteiger partial charge is 0.224 e. The van der Waals surface area contributed by atoms with Crippen LogP contribution in [-0.2, 0) is 24.2 Å². The first kappa shape index (κ1) is 13.3. The molecule has 1 amide bonds. The Morgan fingerprint density at radius 2 is 2.00 bits per heavy atom.